The van der Waals surface area contributed by atoms with E-state index in [9.17, 15) is 5.11 Å². The molecule has 1 rings (SSSR count). The lowest BCUT2D eigenvalue weighted by molar-refractivity contribution is 0.180. The van der Waals surface area contributed by atoms with E-state index in [1.54, 1.807) is 7.05 Å². The minimum absolute atomic E-state index is 0.317. The van der Waals surface area contributed by atoms with Crippen molar-refractivity contribution < 1.29 is 5.11 Å². The number of likely N-dealkylation sites (N-methyl/N-ethyl adjacent to an activating group) is 1. The Balaban J connectivity index is 2.82. The number of aliphatic hydroxyl groups excluding tert-OH is 1. The van der Waals surface area contributed by atoms with E-state index < -0.39 is 6.10 Å². The molecule has 1 atom stereocenters. The average Bonchev–Trinajstić information content (AvgIpc) is 2.48. The van der Waals surface area contributed by atoms with Crippen molar-refractivity contribution in [2.45, 2.75) is 19.4 Å². The van der Waals surface area contributed by atoms with Gasteiger partial charge in [0.25, 0.3) is 0 Å². The summed E-state index contributed by atoms with van der Waals surface area (Å²) in [5.41, 5.74) is 0.822. The quantitative estimate of drug-likeness (QED) is 0.772. The summed E-state index contributed by atoms with van der Waals surface area (Å²) in [6, 6.07) is 2.05. The molecule has 0 spiro atoms. The van der Waals surface area contributed by atoms with Gasteiger partial charge in [-0.15, -0.1) is 11.3 Å². The highest BCUT2D eigenvalue weighted by atomic mass is 32.1. The summed E-state index contributed by atoms with van der Waals surface area (Å²) in [5.74, 6) is 0. The lowest BCUT2D eigenvalue weighted by atomic mass is 10.2. The van der Waals surface area contributed by atoms with Crippen molar-refractivity contribution in [3.63, 3.8) is 0 Å². The fourth-order valence-electron chi connectivity index (χ4n) is 1.20. The maximum absolute atomic E-state index is 9.71. The molecule has 0 aromatic carbocycles. The molecule has 0 fully saturated rings. The van der Waals surface area contributed by atoms with Gasteiger partial charge in [0.05, 0.1) is 23.1 Å². The lowest BCUT2D eigenvalue weighted by Crippen LogP contribution is -2.16. The second kappa shape index (κ2) is 5.05. The Morgan fingerprint density at radius 1 is 1.71 bits per heavy atom. The lowest BCUT2D eigenvalue weighted by Gasteiger charge is -2.07. The first-order valence-corrected chi connectivity index (χ1v) is 5.16. The molecule has 0 radical (unpaired) electrons. The molecule has 0 saturated carbocycles. The molecule has 2 N–H and O–H groups in total. The SMILES string of the molecule is CNCC(O)c1sc(CC#N)nc1C. The van der Waals surface area contributed by atoms with Gasteiger partial charge in [0.1, 0.15) is 11.1 Å². The van der Waals surface area contributed by atoms with Crippen LogP contribution in [-0.4, -0.2) is 23.7 Å². The molecular weight excluding hydrogens is 198 g/mol. The summed E-state index contributed by atoms with van der Waals surface area (Å²) in [6.07, 6.45) is -0.206. The van der Waals surface area contributed by atoms with E-state index in [0.29, 0.717) is 13.0 Å². The van der Waals surface area contributed by atoms with Crippen molar-refractivity contribution in [1.82, 2.24) is 10.3 Å². The van der Waals surface area contributed by atoms with Crippen LogP contribution in [0.15, 0.2) is 0 Å². The molecule has 0 aliphatic heterocycles. The molecular formula is C9H13N3OS. The third-order valence-corrected chi connectivity index (χ3v) is 3.07. The smallest absolute Gasteiger partial charge is 0.107 e. The number of nitrogens with one attached hydrogen (secondary N) is 1. The maximum atomic E-state index is 9.71. The fraction of sp³-hybridized carbons (Fsp3) is 0.556. The molecule has 1 aromatic heterocycles. The van der Waals surface area contributed by atoms with Crippen molar-refractivity contribution in [2.75, 3.05) is 13.6 Å². The van der Waals surface area contributed by atoms with Crippen molar-refractivity contribution in [1.29, 1.82) is 5.26 Å². The molecule has 14 heavy (non-hydrogen) atoms. The van der Waals surface area contributed by atoms with E-state index in [1.165, 1.54) is 11.3 Å². The molecule has 4 nitrogen and oxygen atoms in total. The standard InChI is InChI=1S/C9H13N3OS/c1-6-9(7(13)5-11-2)14-8(12-6)3-4-10/h7,11,13H,3,5H2,1-2H3. The van der Waals surface area contributed by atoms with Crippen molar-refractivity contribution in [2.24, 2.45) is 0 Å². The number of hydrogen-bond acceptors (Lipinski definition) is 5. The molecule has 76 valence electrons. The number of rotatable bonds is 4. The van der Waals surface area contributed by atoms with Gasteiger partial charge in [-0.05, 0) is 14.0 Å². The highest BCUT2D eigenvalue weighted by Gasteiger charge is 2.14. The van der Waals surface area contributed by atoms with Gasteiger partial charge in [-0.1, -0.05) is 0 Å². The topological polar surface area (TPSA) is 68.9 Å². The normalized spacial score (nSPS) is 12.4. The van der Waals surface area contributed by atoms with Crippen LogP contribution in [0.3, 0.4) is 0 Å². The summed E-state index contributed by atoms with van der Waals surface area (Å²) < 4.78 is 0. The van der Waals surface area contributed by atoms with Gasteiger partial charge in [0, 0.05) is 6.54 Å². The molecule has 0 saturated heterocycles. The molecule has 0 aliphatic rings. The highest BCUT2D eigenvalue weighted by molar-refractivity contribution is 7.11. The minimum Gasteiger partial charge on any atom is -0.386 e. The van der Waals surface area contributed by atoms with E-state index in [0.717, 1.165) is 15.6 Å². The number of nitriles is 1. The van der Waals surface area contributed by atoms with Crippen LogP contribution in [0, 0.1) is 18.3 Å². The second-order valence-corrected chi connectivity index (χ2v) is 4.08. The molecule has 0 aliphatic carbocycles. The van der Waals surface area contributed by atoms with Gasteiger partial charge < -0.3 is 10.4 Å². The Labute approximate surface area is 87.2 Å². The highest BCUT2D eigenvalue weighted by Crippen LogP contribution is 2.24. The predicted octanol–water partition coefficient (Wildman–Crippen LogP) is 0.770. The molecule has 1 unspecified atom stereocenters. The Bertz CT molecular complexity index is 342. The summed E-state index contributed by atoms with van der Waals surface area (Å²) in [6.45, 7) is 2.36. The van der Waals surface area contributed by atoms with Gasteiger partial charge in [0.15, 0.2) is 0 Å². The Morgan fingerprint density at radius 3 is 3.00 bits per heavy atom. The first-order chi connectivity index (χ1) is 6.69. The van der Waals surface area contributed by atoms with E-state index in [-0.39, 0.29) is 0 Å². The number of thiazole rings is 1. The number of aryl methyl sites for hydroxylation is 1. The number of nitrogens with zero attached hydrogens (tertiary/aromatic N) is 2. The van der Waals surface area contributed by atoms with E-state index >= 15 is 0 Å². The van der Waals surface area contributed by atoms with Crippen molar-refractivity contribution in [3.05, 3.63) is 15.6 Å². The number of aromatic nitrogens is 1. The van der Waals surface area contributed by atoms with E-state index in [2.05, 4.69) is 10.3 Å². The molecule has 1 aromatic rings. The van der Waals surface area contributed by atoms with Crippen LogP contribution < -0.4 is 5.32 Å². The van der Waals surface area contributed by atoms with Crippen LogP contribution in [0.4, 0.5) is 0 Å². The third kappa shape index (κ3) is 2.51. The number of aliphatic hydroxyl groups is 1. The van der Waals surface area contributed by atoms with Crippen LogP contribution in [0.2, 0.25) is 0 Å². The van der Waals surface area contributed by atoms with Gasteiger partial charge in [-0.25, -0.2) is 4.98 Å². The summed E-state index contributed by atoms with van der Waals surface area (Å²) in [5, 5.41) is 21.9. The molecule has 0 amide bonds. The maximum Gasteiger partial charge on any atom is 0.107 e. The van der Waals surface area contributed by atoms with Crippen molar-refractivity contribution in [3.8, 4) is 6.07 Å². The predicted molar refractivity (Wildman–Crippen MR) is 55.1 cm³/mol. The zero-order valence-corrected chi connectivity index (χ0v) is 9.06. The largest absolute Gasteiger partial charge is 0.386 e. The Hall–Kier alpha value is -0.960. The van der Waals surface area contributed by atoms with Gasteiger partial charge in [-0.2, -0.15) is 5.26 Å². The molecule has 5 heteroatoms. The zero-order valence-electron chi connectivity index (χ0n) is 8.24. The molecule has 0 bridgehead atoms. The van der Waals surface area contributed by atoms with E-state index in [1.807, 2.05) is 13.0 Å². The van der Waals surface area contributed by atoms with Gasteiger partial charge >= 0.3 is 0 Å². The first-order valence-electron chi connectivity index (χ1n) is 4.34. The third-order valence-electron chi connectivity index (χ3n) is 1.81. The average molecular weight is 211 g/mol. The monoisotopic (exact) mass is 211 g/mol. The van der Waals surface area contributed by atoms with E-state index in [4.69, 9.17) is 5.26 Å². The summed E-state index contributed by atoms with van der Waals surface area (Å²) in [7, 11) is 1.79. The summed E-state index contributed by atoms with van der Waals surface area (Å²) in [4.78, 5) is 5.06. The van der Waals surface area contributed by atoms with Gasteiger partial charge in [0.2, 0.25) is 0 Å². The second-order valence-electron chi connectivity index (χ2n) is 2.97. The first kappa shape index (κ1) is 11.1. The fourth-order valence-corrected chi connectivity index (χ4v) is 2.19. The van der Waals surface area contributed by atoms with Crippen LogP contribution in [0.5, 0.6) is 0 Å². The number of hydrogen-bond donors (Lipinski definition) is 2. The zero-order chi connectivity index (χ0) is 10.6. The van der Waals surface area contributed by atoms with Crippen LogP contribution in [0.25, 0.3) is 0 Å². The summed E-state index contributed by atoms with van der Waals surface area (Å²) >= 11 is 1.41. The van der Waals surface area contributed by atoms with Crippen LogP contribution in [0.1, 0.15) is 21.7 Å². The Kier molecular flexibility index (Phi) is 4.01. The minimum atomic E-state index is -0.523. The van der Waals surface area contributed by atoms with Crippen LogP contribution >= 0.6 is 11.3 Å². The Morgan fingerprint density at radius 2 is 2.43 bits per heavy atom. The van der Waals surface area contributed by atoms with Crippen molar-refractivity contribution >= 4 is 11.3 Å². The van der Waals surface area contributed by atoms with Crippen LogP contribution in [-0.2, 0) is 6.42 Å². The molecule has 1 heterocycles. The van der Waals surface area contributed by atoms with Gasteiger partial charge in [-0.3, -0.25) is 0 Å².